The fourth-order valence-electron chi connectivity index (χ4n) is 3.54. The topological polar surface area (TPSA) is 84.7 Å². The summed E-state index contributed by atoms with van der Waals surface area (Å²) in [5.74, 6) is -0.638. The van der Waals surface area contributed by atoms with Gasteiger partial charge in [0.15, 0.2) is 9.84 Å². The number of para-hydroxylation sites is 1. The molecule has 6 nitrogen and oxygen atoms in total. The number of halogens is 1. The van der Waals surface area contributed by atoms with Gasteiger partial charge in [-0.05, 0) is 36.2 Å². The fraction of sp³-hybridized carbons (Fsp3) is 0.238. The molecule has 2 heterocycles. The van der Waals surface area contributed by atoms with E-state index in [-0.39, 0.29) is 23.6 Å². The number of amides is 1. The van der Waals surface area contributed by atoms with Crippen LogP contribution in [0, 0.1) is 0 Å². The van der Waals surface area contributed by atoms with Gasteiger partial charge in [-0.25, -0.2) is 13.2 Å². The van der Waals surface area contributed by atoms with Crippen molar-refractivity contribution >= 4 is 38.3 Å². The molecule has 1 saturated heterocycles. The molecule has 0 aliphatic carbocycles. The first kappa shape index (κ1) is 19.7. The Morgan fingerprint density at radius 2 is 1.86 bits per heavy atom. The fourth-order valence-corrected chi connectivity index (χ4v) is 5.40. The smallest absolute Gasteiger partial charge is 0.349 e. The lowest BCUT2D eigenvalue weighted by atomic mass is 10.1. The van der Waals surface area contributed by atoms with Crippen LogP contribution in [0.3, 0.4) is 0 Å². The van der Waals surface area contributed by atoms with Gasteiger partial charge in [-0.15, -0.1) is 0 Å². The Labute approximate surface area is 172 Å². The minimum absolute atomic E-state index is 0.0222. The minimum Gasteiger partial charge on any atom is -0.422 e. The van der Waals surface area contributed by atoms with Gasteiger partial charge in [-0.3, -0.25) is 4.79 Å². The van der Waals surface area contributed by atoms with Gasteiger partial charge < -0.3 is 9.32 Å². The van der Waals surface area contributed by atoms with Crippen molar-refractivity contribution in [2.75, 3.05) is 11.5 Å². The Morgan fingerprint density at radius 3 is 2.55 bits per heavy atom. The van der Waals surface area contributed by atoms with Gasteiger partial charge in [-0.1, -0.05) is 41.9 Å². The van der Waals surface area contributed by atoms with E-state index in [1.165, 1.54) is 11.0 Å². The number of hydrogen-bond donors (Lipinski definition) is 0. The summed E-state index contributed by atoms with van der Waals surface area (Å²) in [6.07, 6.45) is 0.334. The van der Waals surface area contributed by atoms with E-state index in [4.69, 9.17) is 16.0 Å². The molecule has 1 fully saturated rings. The van der Waals surface area contributed by atoms with Crippen LogP contribution >= 0.6 is 11.6 Å². The van der Waals surface area contributed by atoms with Crippen LogP contribution in [-0.4, -0.2) is 36.8 Å². The maximum absolute atomic E-state index is 13.3. The minimum atomic E-state index is -3.22. The van der Waals surface area contributed by atoms with E-state index >= 15 is 0 Å². The van der Waals surface area contributed by atoms with E-state index in [1.54, 1.807) is 48.5 Å². The predicted octanol–water partition coefficient (Wildman–Crippen LogP) is 3.28. The van der Waals surface area contributed by atoms with Gasteiger partial charge >= 0.3 is 5.63 Å². The maximum atomic E-state index is 13.3. The molecule has 0 bridgehead atoms. The van der Waals surface area contributed by atoms with Gasteiger partial charge in [0.2, 0.25) is 0 Å². The zero-order chi connectivity index (χ0) is 20.6. The SMILES string of the molecule is O=C(c1cc2ccccc2oc1=O)N(Cc1ccc(Cl)cc1)C1CCS(=O)(=O)C1. The third-order valence-corrected chi connectivity index (χ3v) is 7.05. The molecule has 0 N–H and O–H groups in total. The summed E-state index contributed by atoms with van der Waals surface area (Å²) in [5.41, 5.74) is 0.330. The molecule has 2 aromatic carbocycles. The van der Waals surface area contributed by atoms with E-state index in [2.05, 4.69) is 0 Å². The Balaban J connectivity index is 1.73. The number of carbonyl (C=O) groups is 1. The predicted molar refractivity (Wildman–Crippen MR) is 111 cm³/mol. The van der Waals surface area contributed by atoms with E-state index in [9.17, 15) is 18.0 Å². The van der Waals surface area contributed by atoms with Gasteiger partial charge in [0, 0.05) is 23.0 Å². The van der Waals surface area contributed by atoms with Gasteiger partial charge in [0.05, 0.1) is 11.5 Å². The first-order valence-electron chi connectivity index (χ1n) is 9.11. The second-order valence-electron chi connectivity index (χ2n) is 7.10. The second kappa shape index (κ2) is 7.65. The molecule has 29 heavy (non-hydrogen) atoms. The highest BCUT2D eigenvalue weighted by molar-refractivity contribution is 7.91. The van der Waals surface area contributed by atoms with E-state index in [0.717, 1.165) is 5.56 Å². The molecular weight excluding hydrogens is 414 g/mol. The Hall–Kier alpha value is -2.64. The van der Waals surface area contributed by atoms with Crippen LogP contribution in [-0.2, 0) is 16.4 Å². The van der Waals surface area contributed by atoms with Crippen LogP contribution in [0.25, 0.3) is 11.0 Å². The molecule has 1 unspecified atom stereocenters. The van der Waals surface area contributed by atoms with E-state index in [0.29, 0.717) is 22.4 Å². The number of nitrogens with zero attached hydrogens (tertiary/aromatic N) is 1. The summed E-state index contributed by atoms with van der Waals surface area (Å²) in [7, 11) is -3.22. The Morgan fingerprint density at radius 1 is 1.14 bits per heavy atom. The number of carbonyl (C=O) groups excluding carboxylic acids is 1. The van der Waals surface area contributed by atoms with Crippen LogP contribution in [0.5, 0.6) is 0 Å². The first-order valence-corrected chi connectivity index (χ1v) is 11.3. The zero-order valence-electron chi connectivity index (χ0n) is 15.4. The molecule has 3 aromatic rings. The van der Waals surface area contributed by atoms with Crippen LogP contribution in [0.2, 0.25) is 5.02 Å². The molecule has 8 heteroatoms. The summed E-state index contributed by atoms with van der Waals surface area (Å²) >= 11 is 5.93. The van der Waals surface area contributed by atoms with Crippen LogP contribution in [0.15, 0.2) is 63.8 Å². The normalized spacial score (nSPS) is 18.0. The van der Waals surface area contributed by atoms with Crippen LogP contribution in [0.4, 0.5) is 0 Å². The molecule has 0 saturated carbocycles. The van der Waals surface area contributed by atoms with Crippen molar-refractivity contribution in [3.8, 4) is 0 Å². The third-order valence-electron chi connectivity index (χ3n) is 5.05. The summed E-state index contributed by atoms with van der Waals surface area (Å²) in [6.45, 7) is 0.169. The number of hydrogen-bond acceptors (Lipinski definition) is 5. The van der Waals surface area contributed by atoms with Crippen molar-refractivity contribution in [1.29, 1.82) is 0 Å². The Bertz CT molecular complexity index is 1230. The largest absolute Gasteiger partial charge is 0.422 e. The standard InChI is InChI=1S/C21H18ClNO5S/c22-16-7-5-14(6-8-16)12-23(17-9-10-29(26,27)13-17)20(24)18-11-15-3-1-2-4-19(15)28-21(18)25/h1-8,11,17H,9-10,12-13H2. The summed E-state index contributed by atoms with van der Waals surface area (Å²) in [5, 5.41) is 1.19. The maximum Gasteiger partial charge on any atom is 0.349 e. The average Bonchev–Trinajstić information content (AvgIpc) is 3.06. The quantitative estimate of drug-likeness (QED) is 0.592. The number of benzene rings is 2. The Kier molecular flexibility index (Phi) is 5.19. The molecule has 0 radical (unpaired) electrons. The van der Waals surface area contributed by atoms with Crippen molar-refractivity contribution in [3.05, 3.63) is 81.2 Å². The molecule has 150 valence electrons. The lowest BCUT2D eigenvalue weighted by molar-refractivity contribution is 0.0676. The van der Waals surface area contributed by atoms with Crippen LogP contribution in [0.1, 0.15) is 22.3 Å². The monoisotopic (exact) mass is 431 g/mol. The van der Waals surface area contributed by atoms with Crippen molar-refractivity contribution in [1.82, 2.24) is 4.90 Å². The van der Waals surface area contributed by atoms with Gasteiger partial charge in [0.1, 0.15) is 11.1 Å². The van der Waals surface area contributed by atoms with Crippen molar-refractivity contribution in [3.63, 3.8) is 0 Å². The van der Waals surface area contributed by atoms with E-state index < -0.39 is 27.4 Å². The molecule has 1 aliphatic heterocycles. The summed E-state index contributed by atoms with van der Waals surface area (Å²) in [6, 6.07) is 14.9. The lowest BCUT2D eigenvalue weighted by Crippen LogP contribution is -2.42. The number of sulfone groups is 1. The average molecular weight is 432 g/mol. The first-order chi connectivity index (χ1) is 13.8. The molecule has 1 aromatic heterocycles. The second-order valence-corrected chi connectivity index (χ2v) is 9.77. The molecule has 1 atom stereocenters. The zero-order valence-corrected chi connectivity index (χ0v) is 16.9. The molecule has 1 amide bonds. The third kappa shape index (κ3) is 4.21. The lowest BCUT2D eigenvalue weighted by Gasteiger charge is -2.28. The van der Waals surface area contributed by atoms with Crippen molar-refractivity contribution in [2.45, 2.75) is 19.0 Å². The molecule has 0 spiro atoms. The molecular formula is C21H18ClNO5S. The number of rotatable bonds is 4. The molecule has 1 aliphatic rings. The summed E-state index contributed by atoms with van der Waals surface area (Å²) in [4.78, 5) is 27.2. The highest BCUT2D eigenvalue weighted by Gasteiger charge is 2.36. The summed E-state index contributed by atoms with van der Waals surface area (Å²) < 4.78 is 29.3. The van der Waals surface area contributed by atoms with Crippen LogP contribution < -0.4 is 5.63 Å². The van der Waals surface area contributed by atoms with Gasteiger partial charge in [0.25, 0.3) is 5.91 Å². The highest BCUT2D eigenvalue weighted by Crippen LogP contribution is 2.23. The van der Waals surface area contributed by atoms with Crippen molar-refractivity contribution in [2.24, 2.45) is 0 Å². The van der Waals surface area contributed by atoms with E-state index in [1.807, 2.05) is 0 Å². The molecule has 4 rings (SSSR count). The van der Waals surface area contributed by atoms with Crippen molar-refractivity contribution < 1.29 is 17.6 Å². The number of fused-ring (bicyclic) bond motifs is 1. The van der Waals surface area contributed by atoms with Gasteiger partial charge in [-0.2, -0.15) is 0 Å². The highest BCUT2D eigenvalue weighted by atomic mass is 35.5.